The minimum absolute atomic E-state index is 0.174. The largest absolute Gasteiger partial charge is 0.427 e. The number of amides is 1. The number of piperazine rings is 1. The molecule has 17 heteroatoms. The molecule has 60 heavy (non-hydrogen) atoms. The smallest absolute Gasteiger partial charge is 0.369 e. The summed E-state index contributed by atoms with van der Waals surface area (Å²) in [5.74, 6) is -0.434. The lowest BCUT2D eigenvalue weighted by molar-refractivity contribution is 0.0976. The fourth-order valence-corrected chi connectivity index (χ4v) is 10.6. The fraction of sp³-hybridized carbons (Fsp3) is 0.372. The first kappa shape index (κ1) is 46.0. The van der Waals surface area contributed by atoms with E-state index in [1.54, 1.807) is 12.1 Å². The molecule has 0 unspecified atom stereocenters. The van der Waals surface area contributed by atoms with Gasteiger partial charge in [0, 0.05) is 65.7 Å². The molecule has 6 rings (SSSR count). The number of rotatable bonds is 16. The molecule has 1 aliphatic heterocycles. The molecule has 0 spiro atoms. The lowest BCUT2D eigenvalue weighted by Gasteiger charge is -2.37. The Balaban J connectivity index is 1.29. The van der Waals surface area contributed by atoms with Crippen molar-refractivity contribution in [2.45, 2.75) is 57.5 Å². The number of halogens is 4. The molecule has 1 saturated heterocycles. The normalized spacial score (nSPS) is 16.3. The number of primary sulfonamides is 1. The van der Waals surface area contributed by atoms with Crippen molar-refractivity contribution in [1.29, 1.82) is 0 Å². The minimum atomic E-state index is -5.75. The predicted octanol–water partition coefficient (Wildman–Crippen LogP) is 8.46. The van der Waals surface area contributed by atoms with Crippen molar-refractivity contribution < 1.29 is 30.4 Å². The van der Waals surface area contributed by atoms with E-state index in [1.807, 2.05) is 73.6 Å². The van der Waals surface area contributed by atoms with Crippen molar-refractivity contribution in [2.24, 2.45) is 5.14 Å². The molecule has 0 saturated carbocycles. The monoisotopic (exact) mass is 919 g/mol. The van der Waals surface area contributed by atoms with Gasteiger partial charge in [-0.15, -0.1) is 11.8 Å². The number of anilines is 2. The third-order valence-electron chi connectivity index (χ3n) is 10.8. The number of sulfonamides is 1. The van der Waals surface area contributed by atoms with E-state index >= 15 is 0 Å². The SMILES string of the molecule is CN(C)CC[C@H](CSc1ccccc1)N(C(=O)c1ccc(N2CCN(CC3=C(c4ccc(Cl)cc4)CCCC3)CC2)cc1)c1ccc(S(N)(=O)=O)cc1S(=O)(=O)C(F)(F)Cl. The molecule has 0 bridgehead atoms. The predicted molar refractivity (Wildman–Crippen MR) is 239 cm³/mol. The van der Waals surface area contributed by atoms with Crippen LogP contribution >= 0.6 is 35.0 Å². The van der Waals surface area contributed by atoms with Gasteiger partial charge >= 0.3 is 4.71 Å². The van der Waals surface area contributed by atoms with E-state index in [9.17, 15) is 30.4 Å². The fourth-order valence-electron chi connectivity index (χ4n) is 7.62. The summed E-state index contributed by atoms with van der Waals surface area (Å²) >= 11 is 12.8. The zero-order valence-electron chi connectivity index (χ0n) is 33.4. The summed E-state index contributed by atoms with van der Waals surface area (Å²) in [6.45, 7) is 4.55. The lowest BCUT2D eigenvalue weighted by Crippen LogP contribution is -2.47. The summed E-state index contributed by atoms with van der Waals surface area (Å²) in [4.78, 5) is 21.6. The molecular formula is C43H49Cl2F2N5O5S3. The highest BCUT2D eigenvalue weighted by molar-refractivity contribution is 7.99. The van der Waals surface area contributed by atoms with Gasteiger partial charge in [-0.1, -0.05) is 47.5 Å². The first-order valence-electron chi connectivity index (χ1n) is 19.6. The van der Waals surface area contributed by atoms with Gasteiger partial charge in [0.1, 0.15) is 0 Å². The van der Waals surface area contributed by atoms with Crippen molar-refractivity contribution in [3.8, 4) is 0 Å². The Kier molecular flexibility index (Phi) is 15.1. The standard InChI is InChI=1S/C43H49Cl2F2N5O5S3/c1-49(2)23-22-36(30-58-37-9-4-3-5-10-37)52(40-21-20-38(60(48,56)57)28-41(40)59(54,55)43(45,46)47)42(53)32-14-18-35(19-15-32)51-26-24-50(25-27-51)29-33-8-6-7-11-39(33)31-12-16-34(44)17-13-31/h3-5,9-10,12-21,28,36H,6-8,11,22-27,29-30H2,1-2H3,(H2,48,56,57)/t36-/m1/s1. The van der Waals surface area contributed by atoms with E-state index in [0.29, 0.717) is 19.0 Å². The topological polar surface area (TPSA) is 124 Å². The summed E-state index contributed by atoms with van der Waals surface area (Å²) in [6, 6.07) is 26.1. The van der Waals surface area contributed by atoms with Crippen LogP contribution in [0.2, 0.25) is 5.02 Å². The second-order valence-corrected chi connectivity index (χ2v) is 21.0. The summed E-state index contributed by atoms with van der Waals surface area (Å²) in [6.07, 6.45) is 4.77. The summed E-state index contributed by atoms with van der Waals surface area (Å²) < 4.78 is 76.3. The third kappa shape index (κ3) is 11.3. The number of alkyl halides is 3. The van der Waals surface area contributed by atoms with Gasteiger partial charge in [0.25, 0.3) is 15.7 Å². The molecular weight excluding hydrogens is 872 g/mol. The zero-order chi connectivity index (χ0) is 43.2. The van der Waals surface area contributed by atoms with Crippen LogP contribution in [-0.4, -0.2) is 102 Å². The Morgan fingerprint density at radius 2 is 1.53 bits per heavy atom. The van der Waals surface area contributed by atoms with Crippen molar-refractivity contribution in [2.75, 3.05) is 68.9 Å². The van der Waals surface area contributed by atoms with E-state index < -0.39 is 52.0 Å². The average molecular weight is 921 g/mol. The second kappa shape index (κ2) is 19.7. The van der Waals surface area contributed by atoms with Gasteiger partial charge < -0.3 is 14.7 Å². The molecule has 1 fully saturated rings. The number of nitrogens with two attached hydrogens (primary N) is 1. The molecule has 1 atom stereocenters. The molecule has 10 nitrogen and oxygen atoms in total. The molecule has 1 heterocycles. The molecule has 1 amide bonds. The van der Waals surface area contributed by atoms with Crippen LogP contribution in [0.25, 0.3) is 5.57 Å². The number of hydrogen-bond donors (Lipinski definition) is 1. The Labute approximate surface area is 366 Å². The van der Waals surface area contributed by atoms with Crippen LogP contribution in [0.1, 0.15) is 48.0 Å². The third-order valence-corrected chi connectivity index (χ3v) is 15.3. The molecule has 1 aliphatic carbocycles. The number of sulfone groups is 1. The van der Waals surface area contributed by atoms with E-state index in [0.717, 1.165) is 73.3 Å². The van der Waals surface area contributed by atoms with Gasteiger partial charge in [0.2, 0.25) is 10.0 Å². The van der Waals surface area contributed by atoms with Crippen LogP contribution in [0.3, 0.4) is 0 Å². The molecule has 4 aromatic rings. The van der Waals surface area contributed by atoms with E-state index in [-0.39, 0.29) is 11.3 Å². The minimum Gasteiger partial charge on any atom is -0.369 e. The van der Waals surface area contributed by atoms with Gasteiger partial charge in [0.05, 0.1) is 15.5 Å². The number of thioether (sulfide) groups is 1. The van der Waals surface area contributed by atoms with E-state index in [2.05, 4.69) is 21.9 Å². The molecule has 2 aliphatic rings. The van der Waals surface area contributed by atoms with Crippen LogP contribution < -0.4 is 14.9 Å². The van der Waals surface area contributed by atoms with Gasteiger partial charge in [-0.3, -0.25) is 9.69 Å². The van der Waals surface area contributed by atoms with E-state index in [1.165, 1.54) is 46.2 Å². The van der Waals surface area contributed by atoms with Crippen LogP contribution in [0, 0.1) is 0 Å². The molecule has 322 valence electrons. The first-order valence-corrected chi connectivity index (χ1v) is 24.4. The Bertz CT molecular complexity index is 2380. The maximum absolute atomic E-state index is 14.8. The maximum Gasteiger partial charge on any atom is 0.427 e. The Morgan fingerprint density at radius 3 is 2.15 bits per heavy atom. The van der Waals surface area contributed by atoms with E-state index in [4.69, 9.17) is 28.3 Å². The van der Waals surface area contributed by atoms with Crippen molar-refractivity contribution in [3.63, 3.8) is 0 Å². The summed E-state index contributed by atoms with van der Waals surface area (Å²) in [5.41, 5.74) is 4.74. The highest BCUT2D eigenvalue weighted by atomic mass is 35.5. The highest BCUT2D eigenvalue weighted by Gasteiger charge is 2.47. The first-order chi connectivity index (χ1) is 28.4. The number of hydrogen-bond acceptors (Lipinski definition) is 9. The number of nitrogens with zero attached hydrogens (tertiary/aromatic N) is 4. The van der Waals surface area contributed by atoms with Crippen LogP contribution in [0.4, 0.5) is 20.2 Å². The lowest BCUT2D eigenvalue weighted by atomic mass is 9.87. The quantitative estimate of drug-likeness (QED) is 0.0871. The Morgan fingerprint density at radius 1 is 0.883 bits per heavy atom. The zero-order valence-corrected chi connectivity index (χ0v) is 37.4. The van der Waals surface area contributed by atoms with Gasteiger partial charge in [-0.2, -0.15) is 8.78 Å². The number of allylic oxidation sites excluding steroid dienone is 1. The van der Waals surface area contributed by atoms with Crippen LogP contribution in [0.15, 0.2) is 117 Å². The molecule has 0 radical (unpaired) electrons. The van der Waals surface area contributed by atoms with Gasteiger partial charge in [-0.25, -0.2) is 22.0 Å². The van der Waals surface area contributed by atoms with Crippen LogP contribution in [0.5, 0.6) is 0 Å². The summed E-state index contributed by atoms with van der Waals surface area (Å²) in [7, 11) is -6.64. The van der Waals surface area contributed by atoms with Crippen molar-refractivity contribution >= 4 is 77.7 Å². The van der Waals surface area contributed by atoms with Gasteiger partial charge in [-0.05, 0) is 142 Å². The van der Waals surface area contributed by atoms with Crippen molar-refractivity contribution in [1.82, 2.24) is 9.80 Å². The number of benzene rings is 4. The Hall–Kier alpha value is -3.54. The highest BCUT2D eigenvalue weighted by Crippen LogP contribution is 2.41. The number of carbonyl (C=O) groups is 1. The van der Waals surface area contributed by atoms with Crippen LogP contribution in [-0.2, 0) is 19.9 Å². The molecule has 0 aromatic heterocycles. The molecule has 4 aromatic carbocycles. The number of carbonyl (C=O) groups excluding carboxylic acids is 1. The maximum atomic E-state index is 14.8. The average Bonchev–Trinajstić information content (AvgIpc) is 3.22. The molecule has 2 N–H and O–H groups in total. The van der Waals surface area contributed by atoms with Gasteiger partial charge in [0.15, 0.2) is 0 Å². The summed E-state index contributed by atoms with van der Waals surface area (Å²) in [5, 5.41) is 6.04. The van der Waals surface area contributed by atoms with Crippen molar-refractivity contribution in [3.05, 3.63) is 119 Å². The second-order valence-electron chi connectivity index (χ2n) is 15.3.